The number of aromatic nitrogens is 4. The SMILES string of the molecule is CS(=O)(=O)OCCNc1nonc1-c1noc(=O)n1-c1ccc(F)c(C(F)(F)F)c1. The fourth-order valence-electron chi connectivity index (χ4n) is 2.31. The Kier molecular flexibility index (Phi) is 5.62. The van der Waals surface area contributed by atoms with Gasteiger partial charge in [0.15, 0.2) is 5.69 Å². The molecule has 1 N–H and O–H groups in total. The minimum absolute atomic E-state index is 0.0921. The summed E-state index contributed by atoms with van der Waals surface area (Å²) in [4.78, 5) is 12.0. The highest BCUT2D eigenvalue weighted by Gasteiger charge is 2.35. The minimum Gasteiger partial charge on any atom is -0.363 e. The first kappa shape index (κ1) is 21.4. The van der Waals surface area contributed by atoms with Crippen LogP contribution in [0.2, 0.25) is 0 Å². The Hall–Kier alpha value is -3.27. The van der Waals surface area contributed by atoms with E-state index in [0.29, 0.717) is 16.7 Å². The van der Waals surface area contributed by atoms with Crippen LogP contribution in [0.4, 0.5) is 23.4 Å². The summed E-state index contributed by atoms with van der Waals surface area (Å²) < 4.78 is 88.6. The zero-order valence-corrected chi connectivity index (χ0v) is 15.6. The molecule has 0 atom stereocenters. The molecule has 162 valence electrons. The third-order valence-corrected chi connectivity index (χ3v) is 4.11. The van der Waals surface area contributed by atoms with Gasteiger partial charge in [-0.15, -0.1) is 0 Å². The molecule has 0 unspecified atom stereocenters. The molecule has 0 fully saturated rings. The van der Waals surface area contributed by atoms with Crippen molar-refractivity contribution in [2.24, 2.45) is 0 Å². The zero-order valence-electron chi connectivity index (χ0n) is 14.8. The van der Waals surface area contributed by atoms with E-state index in [2.05, 4.69) is 34.1 Å². The zero-order chi connectivity index (χ0) is 22.1. The lowest BCUT2D eigenvalue weighted by molar-refractivity contribution is -0.140. The van der Waals surface area contributed by atoms with Crippen LogP contribution in [-0.4, -0.2) is 47.9 Å². The number of hydrogen-bond donors (Lipinski definition) is 1. The van der Waals surface area contributed by atoms with Crippen molar-refractivity contribution in [3.05, 3.63) is 40.1 Å². The number of benzene rings is 1. The monoisotopic (exact) mass is 453 g/mol. The molecule has 11 nitrogen and oxygen atoms in total. The molecule has 3 rings (SSSR count). The number of anilines is 1. The van der Waals surface area contributed by atoms with Crippen molar-refractivity contribution in [2.45, 2.75) is 6.18 Å². The minimum atomic E-state index is -5.01. The van der Waals surface area contributed by atoms with Gasteiger partial charge in [-0.2, -0.15) is 21.6 Å². The van der Waals surface area contributed by atoms with Crippen LogP contribution in [0.5, 0.6) is 0 Å². The Morgan fingerprint density at radius 3 is 2.63 bits per heavy atom. The molecule has 0 saturated heterocycles. The van der Waals surface area contributed by atoms with Gasteiger partial charge in [-0.25, -0.2) is 18.4 Å². The number of hydrogen-bond acceptors (Lipinski definition) is 10. The maximum Gasteiger partial charge on any atom is 0.446 e. The second-order valence-corrected chi connectivity index (χ2v) is 7.33. The van der Waals surface area contributed by atoms with Crippen LogP contribution in [0.3, 0.4) is 0 Å². The summed E-state index contributed by atoms with van der Waals surface area (Å²) in [5, 5.41) is 13.1. The lowest BCUT2D eigenvalue weighted by atomic mass is 10.1. The van der Waals surface area contributed by atoms with Gasteiger partial charge in [0.05, 0.1) is 24.1 Å². The van der Waals surface area contributed by atoms with Crippen molar-refractivity contribution >= 4 is 15.9 Å². The first-order valence-electron chi connectivity index (χ1n) is 7.84. The molecule has 2 aromatic heterocycles. The van der Waals surface area contributed by atoms with Crippen molar-refractivity contribution < 1.29 is 39.3 Å². The average molecular weight is 453 g/mol. The number of nitrogens with zero attached hydrogens (tertiary/aromatic N) is 4. The highest BCUT2D eigenvalue weighted by Crippen LogP contribution is 2.33. The predicted octanol–water partition coefficient (Wildman–Crippen LogP) is 1.42. The lowest BCUT2D eigenvalue weighted by Gasteiger charge is -2.10. The maximum atomic E-state index is 13.6. The topological polar surface area (TPSA) is 142 Å². The molecule has 0 aliphatic carbocycles. The quantitative estimate of drug-likeness (QED) is 0.317. The predicted molar refractivity (Wildman–Crippen MR) is 89.6 cm³/mol. The number of halogens is 4. The molecule has 16 heteroatoms. The van der Waals surface area contributed by atoms with Crippen LogP contribution in [0, 0.1) is 5.82 Å². The summed E-state index contributed by atoms with van der Waals surface area (Å²) in [5.74, 6) is -3.24. The average Bonchev–Trinajstić information content (AvgIpc) is 3.23. The molecule has 2 heterocycles. The highest BCUT2D eigenvalue weighted by atomic mass is 32.2. The van der Waals surface area contributed by atoms with E-state index in [0.717, 1.165) is 12.3 Å². The Morgan fingerprint density at radius 2 is 1.97 bits per heavy atom. The van der Waals surface area contributed by atoms with Gasteiger partial charge >= 0.3 is 11.9 Å². The first-order chi connectivity index (χ1) is 14.0. The molecule has 0 aliphatic heterocycles. The molecule has 0 radical (unpaired) electrons. The highest BCUT2D eigenvalue weighted by molar-refractivity contribution is 7.85. The molecule has 0 bridgehead atoms. The third kappa shape index (κ3) is 4.65. The van der Waals surface area contributed by atoms with Gasteiger partial charge < -0.3 is 5.32 Å². The van der Waals surface area contributed by atoms with Crippen molar-refractivity contribution in [3.8, 4) is 17.2 Å². The van der Waals surface area contributed by atoms with Crippen molar-refractivity contribution in [2.75, 3.05) is 24.7 Å². The lowest BCUT2D eigenvalue weighted by Crippen LogP contribution is -2.17. The maximum absolute atomic E-state index is 13.6. The smallest absolute Gasteiger partial charge is 0.363 e. The van der Waals surface area contributed by atoms with E-state index in [-0.39, 0.29) is 24.7 Å². The summed E-state index contributed by atoms with van der Waals surface area (Å²) in [6.45, 7) is -0.380. The van der Waals surface area contributed by atoms with Gasteiger partial charge in [0.2, 0.25) is 11.6 Å². The van der Waals surface area contributed by atoms with Crippen LogP contribution in [0.25, 0.3) is 17.2 Å². The number of nitrogens with one attached hydrogen (secondary N) is 1. The summed E-state index contributed by atoms with van der Waals surface area (Å²) in [6, 6.07) is 1.84. The first-order valence-corrected chi connectivity index (χ1v) is 9.66. The number of alkyl halides is 3. The van der Waals surface area contributed by atoms with Gasteiger partial charge in [-0.1, -0.05) is 5.16 Å². The van der Waals surface area contributed by atoms with Crippen LogP contribution in [-0.2, 0) is 20.5 Å². The van der Waals surface area contributed by atoms with Crippen LogP contribution in [0.1, 0.15) is 5.56 Å². The molecule has 1 aromatic carbocycles. The molecule has 0 aliphatic rings. The fourth-order valence-corrected chi connectivity index (χ4v) is 2.70. The Balaban J connectivity index is 1.95. The molecule has 0 saturated carbocycles. The molecule has 0 amide bonds. The standard InChI is InChI=1S/C14H11F4N5O6S/c1-30(25,26)27-5-4-19-11-10(20-29-21-11)12-22-28-13(24)23(12)7-2-3-9(15)8(6-7)14(16,17)18/h2-3,6H,4-5H2,1H3,(H,19,21). The summed E-state index contributed by atoms with van der Waals surface area (Å²) in [6.07, 6.45) is -4.16. The fraction of sp³-hybridized carbons (Fsp3) is 0.286. The normalized spacial score (nSPS) is 12.3. The summed E-state index contributed by atoms with van der Waals surface area (Å²) in [7, 11) is -3.68. The van der Waals surface area contributed by atoms with E-state index in [1.807, 2.05) is 0 Å². The molecule has 3 aromatic rings. The van der Waals surface area contributed by atoms with Gasteiger partial charge in [0.1, 0.15) is 5.82 Å². The molecule has 0 spiro atoms. The van der Waals surface area contributed by atoms with E-state index in [4.69, 9.17) is 0 Å². The third-order valence-electron chi connectivity index (χ3n) is 3.51. The second kappa shape index (κ2) is 7.86. The van der Waals surface area contributed by atoms with Crippen LogP contribution in [0.15, 0.2) is 32.1 Å². The van der Waals surface area contributed by atoms with E-state index >= 15 is 0 Å². The van der Waals surface area contributed by atoms with Gasteiger partial charge in [0.25, 0.3) is 10.1 Å². The van der Waals surface area contributed by atoms with Crippen molar-refractivity contribution in [1.29, 1.82) is 0 Å². The van der Waals surface area contributed by atoms with Crippen molar-refractivity contribution in [3.63, 3.8) is 0 Å². The molecular formula is C14H11F4N5O6S. The van der Waals surface area contributed by atoms with Crippen LogP contribution < -0.4 is 11.1 Å². The molecular weight excluding hydrogens is 442 g/mol. The van der Waals surface area contributed by atoms with Crippen LogP contribution >= 0.6 is 0 Å². The largest absolute Gasteiger partial charge is 0.446 e. The van der Waals surface area contributed by atoms with E-state index in [9.17, 15) is 30.8 Å². The van der Waals surface area contributed by atoms with Gasteiger partial charge in [-0.3, -0.25) is 8.71 Å². The molecule has 30 heavy (non-hydrogen) atoms. The summed E-state index contributed by atoms with van der Waals surface area (Å²) >= 11 is 0. The second-order valence-electron chi connectivity index (χ2n) is 5.68. The van der Waals surface area contributed by atoms with Gasteiger partial charge in [0, 0.05) is 6.54 Å². The Labute approximate surface area is 164 Å². The van der Waals surface area contributed by atoms with Crippen molar-refractivity contribution in [1.82, 2.24) is 20.0 Å². The Morgan fingerprint density at radius 1 is 1.23 bits per heavy atom. The van der Waals surface area contributed by atoms with Gasteiger partial charge in [-0.05, 0) is 28.5 Å². The van der Waals surface area contributed by atoms with E-state index in [1.54, 1.807) is 0 Å². The summed E-state index contributed by atoms with van der Waals surface area (Å²) in [5.41, 5.74) is -2.24. The number of rotatable bonds is 7. The van der Waals surface area contributed by atoms with E-state index < -0.39 is 44.9 Å². The van der Waals surface area contributed by atoms with E-state index in [1.165, 1.54) is 0 Å². The Bertz CT molecular complexity index is 1220.